The Hall–Kier alpha value is -1.74. The van der Waals surface area contributed by atoms with Gasteiger partial charge < -0.3 is 15.3 Å². The van der Waals surface area contributed by atoms with E-state index in [0.717, 1.165) is 50.5 Å². The largest absolute Gasteiger partial charge is 0.508 e. The van der Waals surface area contributed by atoms with Gasteiger partial charge >= 0.3 is 0 Å². The minimum absolute atomic E-state index is 0.136. The molecule has 0 bridgehead atoms. The number of benzene rings is 1. The van der Waals surface area contributed by atoms with Crippen LogP contribution in [0.3, 0.4) is 0 Å². The molecule has 3 nitrogen and oxygen atoms in total. The summed E-state index contributed by atoms with van der Waals surface area (Å²) in [5.74, 6) is 0.272. The van der Waals surface area contributed by atoms with E-state index < -0.39 is 0 Å². The van der Waals surface area contributed by atoms with E-state index in [2.05, 4.69) is 31.2 Å². The monoisotopic (exact) mass is 360 g/mol. The lowest BCUT2D eigenvalue weighted by Crippen LogP contribution is -2.03. The Kier molecular flexibility index (Phi) is 12.4. The minimum Gasteiger partial charge on any atom is -0.508 e. The Labute approximate surface area is 159 Å². The van der Waals surface area contributed by atoms with E-state index in [9.17, 15) is 15.3 Å². The molecule has 1 unspecified atom stereocenters. The summed E-state index contributed by atoms with van der Waals surface area (Å²) >= 11 is 0. The Morgan fingerprint density at radius 1 is 0.808 bits per heavy atom. The fraction of sp³-hybridized carbons (Fsp3) is 0.565. The number of aliphatic hydroxyl groups excluding tert-OH is 1. The maximum Gasteiger partial charge on any atom is 0.119 e. The first-order chi connectivity index (χ1) is 12.6. The molecular formula is C23H36O3. The van der Waals surface area contributed by atoms with Crippen LogP contribution < -0.4 is 0 Å². The third-order valence-corrected chi connectivity index (χ3v) is 4.44. The van der Waals surface area contributed by atoms with Crippen molar-refractivity contribution >= 4 is 0 Å². The molecule has 0 amide bonds. The van der Waals surface area contributed by atoms with Crippen LogP contribution in [0, 0.1) is 0 Å². The van der Waals surface area contributed by atoms with Crippen LogP contribution in [0.25, 0.3) is 0 Å². The Morgan fingerprint density at radius 2 is 1.46 bits per heavy atom. The van der Waals surface area contributed by atoms with Gasteiger partial charge in [0.05, 0.1) is 6.10 Å². The second-order valence-corrected chi connectivity index (χ2v) is 6.98. The van der Waals surface area contributed by atoms with Crippen molar-refractivity contribution in [3.63, 3.8) is 0 Å². The summed E-state index contributed by atoms with van der Waals surface area (Å²) in [5, 5.41) is 28.7. The van der Waals surface area contributed by atoms with E-state index in [1.54, 1.807) is 12.1 Å². The zero-order valence-electron chi connectivity index (χ0n) is 16.2. The van der Waals surface area contributed by atoms with Crippen LogP contribution in [0.5, 0.6) is 11.5 Å². The lowest BCUT2D eigenvalue weighted by Gasteiger charge is -2.05. The fourth-order valence-corrected chi connectivity index (χ4v) is 2.98. The fourth-order valence-electron chi connectivity index (χ4n) is 2.98. The number of phenolic OH excluding ortho intramolecular Hbond substituents is 2. The van der Waals surface area contributed by atoms with Gasteiger partial charge in [-0.05, 0) is 69.1 Å². The first-order valence-electron chi connectivity index (χ1n) is 10.1. The molecular weight excluding hydrogens is 324 g/mol. The van der Waals surface area contributed by atoms with Gasteiger partial charge in [-0.3, -0.25) is 0 Å². The highest BCUT2D eigenvalue weighted by Gasteiger charge is 2.00. The number of allylic oxidation sites excluding steroid dienone is 3. The summed E-state index contributed by atoms with van der Waals surface area (Å²) in [4.78, 5) is 0. The highest BCUT2D eigenvalue weighted by Crippen LogP contribution is 2.22. The molecule has 1 rings (SSSR count). The number of unbranched alkanes of at least 4 members (excludes halogenated alkanes) is 5. The lowest BCUT2D eigenvalue weighted by atomic mass is 10.0. The summed E-state index contributed by atoms with van der Waals surface area (Å²) in [6, 6.07) is 4.81. The van der Waals surface area contributed by atoms with Crippen molar-refractivity contribution in [1.29, 1.82) is 0 Å². The van der Waals surface area contributed by atoms with Gasteiger partial charge in [0.2, 0.25) is 0 Å². The molecule has 0 saturated heterocycles. The number of hydrogen-bond donors (Lipinski definition) is 3. The van der Waals surface area contributed by atoms with Gasteiger partial charge in [-0.15, -0.1) is 0 Å². The standard InChI is InChI=1S/C23H36O3/c1-2-3-11-15-21(24)16-13-10-8-6-4-5-7-9-12-14-20-17-22(25)19-23(26)18-20/h3,8,10-11,17-19,21,24-26H,2,4-7,9,12-16H2,1H3. The van der Waals surface area contributed by atoms with Crippen molar-refractivity contribution < 1.29 is 15.3 Å². The summed E-state index contributed by atoms with van der Waals surface area (Å²) in [6.07, 6.45) is 20.0. The van der Waals surface area contributed by atoms with Crippen LogP contribution in [0.15, 0.2) is 42.5 Å². The molecule has 1 aromatic carbocycles. The van der Waals surface area contributed by atoms with Crippen molar-refractivity contribution in [2.75, 3.05) is 0 Å². The van der Waals surface area contributed by atoms with Crippen molar-refractivity contribution in [3.05, 3.63) is 48.1 Å². The highest BCUT2D eigenvalue weighted by atomic mass is 16.3. The van der Waals surface area contributed by atoms with Gasteiger partial charge in [-0.2, -0.15) is 0 Å². The summed E-state index contributed by atoms with van der Waals surface area (Å²) in [5.41, 5.74) is 0.998. The molecule has 3 N–H and O–H groups in total. The summed E-state index contributed by atoms with van der Waals surface area (Å²) in [7, 11) is 0. The third kappa shape index (κ3) is 11.8. The van der Waals surface area contributed by atoms with Gasteiger partial charge in [0.15, 0.2) is 0 Å². The zero-order valence-corrected chi connectivity index (χ0v) is 16.2. The van der Waals surface area contributed by atoms with Crippen molar-refractivity contribution in [2.24, 2.45) is 0 Å². The van der Waals surface area contributed by atoms with Gasteiger partial charge in [-0.1, -0.05) is 50.5 Å². The van der Waals surface area contributed by atoms with Gasteiger partial charge in [0.25, 0.3) is 0 Å². The molecule has 26 heavy (non-hydrogen) atoms. The lowest BCUT2D eigenvalue weighted by molar-refractivity contribution is 0.169. The molecule has 146 valence electrons. The van der Waals surface area contributed by atoms with E-state index in [0.29, 0.717) is 0 Å². The topological polar surface area (TPSA) is 60.7 Å². The molecule has 0 saturated carbocycles. The van der Waals surface area contributed by atoms with E-state index in [-0.39, 0.29) is 17.6 Å². The van der Waals surface area contributed by atoms with E-state index in [1.165, 1.54) is 31.7 Å². The molecule has 0 spiro atoms. The predicted molar refractivity (Wildman–Crippen MR) is 110 cm³/mol. The average Bonchev–Trinajstić information content (AvgIpc) is 2.59. The van der Waals surface area contributed by atoms with Crippen molar-refractivity contribution in [2.45, 2.75) is 83.7 Å². The molecule has 0 aromatic heterocycles. The summed E-state index contributed by atoms with van der Waals surface area (Å²) < 4.78 is 0. The maximum atomic E-state index is 9.80. The van der Waals surface area contributed by atoms with E-state index in [4.69, 9.17) is 0 Å². The third-order valence-electron chi connectivity index (χ3n) is 4.44. The molecule has 3 heteroatoms. The number of phenols is 2. The van der Waals surface area contributed by atoms with Gasteiger partial charge in [0.1, 0.15) is 11.5 Å². The highest BCUT2D eigenvalue weighted by molar-refractivity contribution is 5.36. The minimum atomic E-state index is -0.212. The van der Waals surface area contributed by atoms with Gasteiger partial charge in [0, 0.05) is 6.07 Å². The van der Waals surface area contributed by atoms with Crippen LogP contribution in [-0.4, -0.2) is 21.4 Å². The molecule has 0 aliphatic heterocycles. The molecule has 0 aliphatic carbocycles. The molecule has 1 aromatic rings. The molecule has 0 heterocycles. The van der Waals surface area contributed by atoms with Crippen LogP contribution in [-0.2, 0) is 6.42 Å². The summed E-state index contributed by atoms with van der Waals surface area (Å²) in [6.45, 7) is 2.10. The second kappa shape index (κ2) is 14.4. The maximum absolute atomic E-state index is 9.80. The first-order valence-corrected chi connectivity index (χ1v) is 10.1. The van der Waals surface area contributed by atoms with Crippen LogP contribution in [0.1, 0.15) is 76.7 Å². The van der Waals surface area contributed by atoms with Crippen molar-refractivity contribution in [3.8, 4) is 11.5 Å². The first kappa shape index (κ1) is 22.3. The molecule has 1 atom stereocenters. The Bertz CT molecular complexity index is 514. The van der Waals surface area contributed by atoms with E-state index >= 15 is 0 Å². The van der Waals surface area contributed by atoms with Gasteiger partial charge in [-0.25, -0.2) is 0 Å². The predicted octanol–water partition coefficient (Wildman–Crippen LogP) is 6.03. The zero-order chi connectivity index (χ0) is 19.0. The average molecular weight is 361 g/mol. The SMILES string of the molecule is CCC=CCC(O)CCC=CCCCCCCCc1cc(O)cc(O)c1. The smallest absolute Gasteiger partial charge is 0.119 e. The van der Waals surface area contributed by atoms with Crippen molar-refractivity contribution in [1.82, 2.24) is 0 Å². The van der Waals surface area contributed by atoms with Crippen LogP contribution >= 0.6 is 0 Å². The van der Waals surface area contributed by atoms with Crippen LogP contribution in [0.2, 0.25) is 0 Å². The normalized spacial score (nSPS) is 13.0. The number of hydrogen-bond acceptors (Lipinski definition) is 3. The number of aryl methyl sites for hydroxylation is 1. The van der Waals surface area contributed by atoms with E-state index in [1.807, 2.05) is 0 Å². The molecule has 0 aliphatic rings. The Balaban J connectivity index is 1.95. The molecule has 0 radical (unpaired) electrons. The number of rotatable bonds is 14. The van der Waals surface area contributed by atoms with Crippen LogP contribution in [0.4, 0.5) is 0 Å². The quantitative estimate of drug-likeness (QED) is 0.280. The Morgan fingerprint density at radius 3 is 2.19 bits per heavy atom. The second-order valence-electron chi connectivity index (χ2n) is 6.98. The number of aliphatic hydroxyl groups is 1. The number of aromatic hydroxyl groups is 2. The molecule has 0 fully saturated rings.